The molecule has 1 aliphatic rings. The molecule has 0 spiro atoms. The number of rotatable bonds is 4. The first kappa shape index (κ1) is 15.9. The molecular weight excluding hydrogens is 295 g/mol. The third kappa shape index (κ3) is 3.23. The van der Waals surface area contributed by atoms with Gasteiger partial charge in [0.15, 0.2) is 0 Å². The summed E-state index contributed by atoms with van der Waals surface area (Å²) in [6.07, 6.45) is 1.26. The fourth-order valence-corrected chi connectivity index (χ4v) is 4.06. The molecule has 1 saturated heterocycles. The molecule has 0 bridgehead atoms. The third-order valence-corrected chi connectivity index (χ3v) is 5.45. The average Bonchev–Trinajstić information content (AvgIpc) is 2.48. The number of sulfonamides is 1. The molecule has 0 aliphatic carbocycles. The average molecular weight is 312 g/mol. The zero-order valence-corrected chi connectivity index (χ0v) is 12.6. The molecule has 1 aromatic rings. The summed E-state index contributed by atoms with van der Waals surface area (Å²) in [5, 5.41) is 8.98. The summed E-state index contributed by atoms with van der Waals surface area (Å²) < 4.78 is 45.5. The molecule has 21 heavy (non-hydrogen) atoms. The molecule has 0 saturated carbocycles. The maximum Gasteiger partial charge on any atom is 0.244 e. The van der Waals surface area contributed by atoms with Crippen LogP contribution in [-0.4, -0.2) is 38.5 Å². The molecule has 1 aliphatic heterocycles. The lowest BCUT2D eigenvalue weighted by molar-refractivity contribution is 0.0290. The van der Waals surface area contributed by atoms with Gasteiger partial charge in [0, 0.05) is 19.7 Å². The Hall–Kier alpha value is -1.49. The summed E-state index contributed by atoms with van der Waals surface area (Å²) >= 11 is 0. The van der Waals surface area contributed by atoms with Crippen LogP contribution in [-0.2, 0) is 14.8 Å². The summed E-state index contributed by atoms with van der Waals surface area (Å²) in [4.78, 5) is -0.264. The lowest BCUT2D eigenvalue weighted by Gasteiger charge is -2.31. The molecule has 0 radical (unpaired) electrons. The van der Waals surface area contributed by atoms with Gasteiger partial charge in [-0.05, 0) is 31.9 Å². The van der Waals surface area contributed by atoms with E-state index in [4.69, 9.17) is 10.00 Å². The molecular formula is C14H17FN2O3S. The van der Waals surface area contributed by atoms with E-state index in [1.54, 1.807) is 6.07 Å². The highest BCUT2D eigenvalue weighted by molar-refractivity contribution is 7.89. The minimum atomic E-state index is -3.85. The van der Waals surface area contributed by atoms with Crippen LogP contribution >= 0.6 is 0 Å². The fraction of sp³-hybridized carbons (Fsp3) is 0.500. The van der Waals surface area contributed by atoms with Gasteiger partial charge >= 0.3 is 0 Å². The maximum atomic E-state index is 13.6. The standard InChI is InChI=1S/C14H17FN2O3S/c1-2-20-11-6-8-17(9-7-11)21(18,19)14-5-3-4-13(15)12(14)10-16/h3-5,11H,2,6-9H2,1H3. The predicted molar refractivity (Wildman–Crippen MR) is 74.5 cm³/mol. The first-order chi connectivity index (χ1) is 10.0. The monoisotopic (exact) mass is 312 g/mol. The number of hydrogen-bond acceptors (Lipinski definition) is 4. The highest BCUT2D eigenvalue weighted by Crippen LogP contribution is 2.25. The van der Waals surface area contributed by atoms with Crippen LogP contribution in [0, 0.1) is 17.1 Å². The molecule has 0 aromatic heterocycles. The topological polar surface area (TPSA) is 70.4 Å². The molecule has 1 aromatic carbocycles. The van der Waals surface area contributed by atoms with Crippen molar-refractivity contribution in [3.05, 3.63) is 29.6 Å². The molecule has 0 amide bonds. The van der Waals surface area contributed by atoms with Gasteiger partial charge in [0.1, 0.15) is 22.3 Å². The summed E-state index contributed by atoms with van der Waals surface area (Å²) in [5.74, 6) is -0.817. The normalized spacial score (nSPS) is 17.6. The first-order valence-electron chi connectivity index (χ1n) is 6.81. The predicted octanol–water partition coefficient (Wildman–Crippen LogP) is 1.89. The van der Waals surface area contributed by atoms with E-state index >= 15 is 0 Å². The quantitative estimate of drug-likeness (QED) is 0.851. The number of piperidine rings is 1. The second kappa shape index (κ2) is 6.52. The van der Waals surface area contributed by atoms with Crippen molar-refractivity contribution in [2.24, 2.45) is 0 Å². The molecule has 0 unspecified atom stereocenters. The van der Waals surface area contributed by atoms with Crippen molar-refractivity contribution in [3.63, 3.8) is 0 Å². The summed E-state index contributed by atoms with van der Waals surface area (Å²) in [6, 6.07) is 5.29. The van der Waals surface area contributed by atoms with Crippen molar-refractivity contribution in [1.82, 2.24) is 4.31 Å². The zero-order chi connectivity index (χ0) is 15.5. The van der Waals surface area contributed by atoms with Gasteiger partial charge in [-0.1, -0.05) is 6.07 Å². The fourth-order valence-electron chi connectivity index (χ4n) is 2.44. The highest BCUT2D eigenvalue weighted by Gasteiger charge is 2.32. The second-order valence-electron chi connectivity index (χ2n) is 4.78. The van der Waals surface area contributed by atoms with Crippen LogP contribution < -0.4 is 0 Å². The number of hydrogen-bond donors (Lipinski definition) is 0. The first-order valence-corrected chi connectivity index (χ1v) is 8.25. The lowest BCUT2D eigenvalue weighted by atomic mass is 10.1. The molecule has 0 N–H and O–H groups in total. The number of benzene rings is 1. The van der Waals surface area contributed by atoms with Gasteiger partial charge in [0.2, 0.25) is 10.0 Å². The smallest absolute Gasteiger partial charge is 0.244 e. The molecule has 0 atom stereocenters. The van der Waals surface area contributed by atoms with Crippen LogP contribution in [0.25, 0.3) is 0 Å². The van der Waals surface area contributed by atoms with E-state index in [9.17, 15) is 12.8 Å². The Bertz CT molecular complexity index is 647. The van der Waals surface area contributed by atoms with Crippen LogP contribution in [0.15, 0.2) is 23.1 Å². The Morgan fingerprint density at radius 1 is 1.43 bits per heavy atom. The van der Waals surface area contributed by atoms with Crippen molar-refractivity contribution >= 4 is 10.0 Å². The van der Waals surface area contributed by atoms with E-state index < -0.39 is 21.4 Å². The van der Waals surface area contributed by atoms with Crippen LogP contribution in [0.5, 0.6) is 0 Å². The van der Waals surface area contributed by atoms with Gasteiger partial charge in [-0.25, -0.2) is 12.8 Å². The zero-order valence-electron chi connectivity index (χ0n) is 11.8. The number of ether oxygens (including phenoxy) is 1. The molecule has 114 valence electrons. The Morgan fingerprint density at radius 3 is 2.67 bits per heavy atom. The van der Waals surface area contributed by atoms with Gasteiger partial charge in [0.05, 0.1) is 6.10 Å². The van der Waals surface area contributed by atoms with E-state index in [2.05, 4.69) is 0 Å². The second-order valence-corrected chi connectivity index (χ2v) is 6.69. The van der Waals surface area contributed by atoms with Crippen molar-refractivity contribution < 1.29 is 17.5 Å². The van der Waals surface area contributed by atoms with Gasteiger partial charge in [-0.3, -0.25) is 0 Å². The van der Waals surface area contributed by atoms with E-state index in [0.29, 0.717) is 32.5 Å². The minimum absolute atomic E-state index is 0.0596. The minimum Gasteiger partial charge on any atom is -0.378 e. The molecule has 1 fully saturated rings. The van der Waals surface area contributed by atoms with Gasteiger partial charge in [-0.15, -0.1) is 0 Å². The maximum absolute atomic E-state index is 13.6. The van der Waals surface area contributed by atoms with Gasteiger partial charge < -0.3 is 4.74 Å². The van der Waals surface area contributed by atoms with E-state index in [1.165, 1.54) is 16.4 Å². The Kier molecular flexibility index (Phi) is 4.93. The Morgan fingerprint density at radius 2 is 2.10 bits per heavy atom. The van der Waals surface area contributed by atoms with Crippen LogP contribution in [0.1, 0.15) is 25.3 Å². The van der Waals surface area contributed by atoms with E-state index in [1.807, 2.05) is 6.92 Å². The van der Waals surface area contributed by atoms with Crippen molar-refractivity contribution in [2.75, 3.05) is 19.7 Å². The van der Waals surface area contributed by atoms with Gasteiger partial charge in [0.25, 0.3) is 0 Å². The number of nitrogens with zero attached hydrogens (tertiary/aromatic N) is 2. The van der Waals surface area contributed by atoms with Crippen LogP contribution in [0.2, 0.25) is 0 Å². The Labute approximate surface area is 124 Å². The molecule has 7 heteroatoms. The lowest BCUT2D eigenvalue weighted by Crippen LogP contribution is -2.41. The van der Waals surface area contributed by atoms with Crippen molar-refractivity contribution in [2.45, 2.75) is 30.8 Å². The summed E-state index contributed by atoms with van der Waals surface area (Å²) in [6.45, 7) is 3.12. The number of halogens is 1. The largest absolute Gasteiger partial charge is 0.378 e. The molecule has 1 heterocycles. The Balaban J connectivity index is 2.25. The van der Waals surface area contributed by atoms with E-state index in [0.717, 1.165) is 6.07 Å². The third-order valence-electron chi connectivity index (χ3n) is 3.51. The van der Waals surface area contributed by atoms with E-state index in [-0.39, 0.29) is 11.0 Å². The summed E-state index contributed by atoms with van der Waals surface area (Å²) in [5.41, 5.74) is -0.426. The van der Waals surface area contributed by atoms with Crippen LogP contribution in [0.4, 0.5) is 4.39 Å². The van der Waals surface area contributed by atoms with Crippen LogP contribution in [0.3, 0.4) is 0 Å². The highest BCUT2D eigenvalue weighted by atomic mass is 32.2. The van der Waals surface area contributed by atoms with Crippen molar-refractivity contribution in [3.8, 4) is 6.07 Å². The number of nitriles is 1. The summed E-state index contributed by atoms with van der Waals surface area (Å²) in [7, 11) is -3.85. The molecule has 5 nitrogen and oxygen atoms in total. The molecule has 2 rings (SSSR count). The van der Waals surface area contributed by atoms with Crippen molar-refractivity contribution in [1.29, 1.82) is 5.26 Å². The SMILES string of the molecule is CCOC1CCN(S(=O)(=O)c2cccc(F)c2C#N)CC1. The van der Waals surface area contributed by atoms with Gasteiger partial charge in [-0.2, -0.15) is 9.57 Å².